The molecule has 1 aromatic heterocycles. The number of imidazole rings is 1. The number of anilines is 1. The van der Waals surface area contributed by atoms with Gasteiger partial charge in [-0.1, -0.05) is 51.1 Å². The second-order valence-electron chi connectivity index (χ2n) is 11.0. The second-order valence-corrected chi connectivity index (χ2v) is 11.0. The third-order valence-corrected chi connectivity index (χ3v) is 5.73. The summed E-state index contributed by atoms with van der Waals surface area (Å²) in [4.78, 5) is 30.3. The van der Waals surface area contributed by atoms with Gasteiger partial charge < -0.3 is 20.5 Å². The molecule has 0 bridgehead atoms. The van der Waals surface area contributed by atoms with E-state index in [0.29, 0.717) is 17.9 Å². The average Bonchev–Trinajstić information content (AvgIpc) is 3.26. The molecule has 1 atom stereocenters. The number of halogens is 2. The number of rotatable bonds is 10. The van der Waals surface area contributed by atoms with Gasteiger partial charge in [0.05, 0.1) is 18.3 Å². The van der Waals surface area contributed by atoms with E-state index in [1.165, 1.54) is 0 Å². The van der Waals surface area contributed by atoms with Gasteiger partial charge in [0.25, 0.3) is 5.91 Å². The Bertz CT molecular complexity index is 1200. The van der Waals surface area contributed by atoms with Crippen LogP contribution in [0.15, 0.2) is 61.1 Å². The van der Waals surface area contributed by atoms with Crippen LogP contribution < -0.4 is 16.0 Å². The molecule has 0 fully saturated rings. The molecule has 7 nitrogen and oxygen atoms in total. The van der Waals surface area contributed by atoms with Crippen molar-refractivity contribution >= 4 is 17.6 Å². The Balaban J connectivity index is 1.71. The Hall–Kier alpha value is -3.59. The number of nitrogens with one attached hydrogen (secondary N) is 3. The quantitative estimate of drug-likeness (QED) is 0.372. The lowest BCUT2D eigenvalue weighted by Gasteiger charge is -2.29. The van der Waals surface area contributed by atoms with Gasteiger partial charge in [0.2, 0.25) is 5.91 Å². The number of aromatic nitrogens is 2. The molecule has 0 unspecified atom stereocenters. The first kappa shape index (κ1) is 28.0. The Kier molecular flexibility index (Phi) is 8.81. The van der Waals surface area contributed by atoms with Crippen molar-refractivity contribution < 1.29 is 18.4 Å². The number of nitrogens with zero attached hydrogens (tertiary/aromatic N) is 2. The van der Waals surface area contributed by atoms with Crippen molar-refractivity contribution in [3.63, 3.8) is 0 Å². The molecule has 0 spiro atoms. The molecule has 1 heterocycles. The zero-order valence-electron chi connectivity index (χ0n) is 21.9. The molecular weight excluding hydrogens is 476 g/mol. The van der Waals surface area contributed by atoms with E-state index in [0.717, 1.165) is 24.7 Å². The van der Waals surface area contributed by atoms with Crippen LogP contribution in [0.1, 0.15) is 51.8 Å². The lowest BCUT2D eigenvalue weighted by molar-refractivity contribution is -0.126. The number of hydrogen-bond acceptors (Lipinski definition) is 4. The van der Waals surface area contributed by atoms with Crippen molar-refractivity contribution in [1.29, 1.82) is 0 Å². The van der Waals surface area contributed by atoms with Gasteiger partial charge in [-0.15, -0.1) is 0 Å². The molecule has 37 heavy (non-hydrogen) atoms. The number of hydrogen-bond donors (Lipinski definition) is 3. The largest absolute Gasteiger partial charge is 0.340 e. The van der Waals surface area contributed by atoms with E-state index in [-0.39, 0.29) is 22.9 Å². The van der Waals surface area contributed by atoms with Crippen LogP contribution in [0, 0.1) is 17.0 Å². The van der Waals surface area contributed by atoms with Crippen LogP contribution >= 0.6 is 0 Å². The first-order chi connectivity index (χ1) is 17.3. The number of carbonyl (C=O) groups is 2. The van der Waals surface area contributed by atoms with E-state index in [1.807, 2.05) is 4.57 Å². The number of carbonyl (C=O) groups excluding carboxylic acids is 2. The zero-order valence-corrected chi connectivity index (χ0v) is 21.9. The van der Waals surface area contributed by atoms with Crippen molar-refractivity contribution in [2.24, 2.45) is 5.41 Å². The fourth-order valence-corrected chi connectivity index (χ4v) is 3.81. The van der Waals surface area contributed by atoms with Gasteiger partial charge in [-0.3, -0.25) is 9.59 Å². The Morgan fingerprint density at radius 1 is 0.973 bits per heavy atom. The van der Waals surface area contributed by atoms with Gasteiger partial charge in [0, 0.05) is 25.4 Å². The van der Waals surface area contributed by atoms with Gasteiger partial charge in [-0.25, -0.2) is 13.8 Å². The molecule has 9 heteroatoms. The first-order valence-corrected chi connectivity index (χ1v) is 12.2. The van der Waals surface area contributed by atoms with Crippen molar-refractivity contribution in [2.45, 2.75) is 52.6 Å². The fraction of sp³-hybridized carbons (Fsp3) is 0.393. The summed E-state index contributed by atoms with van der Waals surface area (Å²) in [6.45, 7) is 12.2. The van der Waals surface area contributed by atoms with Crippen molar-refractivity contribution in [3.05, 3.63) is 83.8 Å². The normalized spacial score (nSPS) is 12.7. The highest BCUT2D eigenvalue weighted by molar-refractivity contribution is 5.97. The van der Waals surface area contributed by atoms with Gasteiger partial charge in [-0.2, -0.15) is 0 Å². The van der Waals surface area contributed by atoms with Gasteiger partial charge in [-0.05, 0) is 42.5 Å². The maximum Gasteiger partial charge on any atom is 0.252 e. The van der Waals surface area contributed by atoms with E-state index in [9.17, 15) is 18.4 Å². The molecule has 3 aromatic rings. The predicted octanol–water partition coefficient (Wildman–Crippen LogP) is 4.57. The molecule has 2 aromatic carbocycles. The van der Waals surface area contributed by atoms with Crippen molar-refractivity contribution in [3.8, 4) is 0 Å². The molecule has 2 amide bonds. The van der Waals surface area contributed by atoms with Crippen LogP contribution in [-0.4, -0.2) is 34.5 Å². The summed E-state index contributed by atoms with van der Waals surface area (Å²) in [6, 6.07) is 10.6. The van der Waals surface area contributed by atoms with Crippen LogP contribution in [-0.2, 0) is 21.5 Å². The minimum atomic E-state index is -1.03. The van der Waals surface area contributed by atoms with Crippen LogP contribution in [0.3, 0.4) is 0 Å². The highest BCUT2D eigenvalue weighted by Crippen LogP contribution is 2.20. The molecule has 0 saturated heterocycles. The molecule has 0 aliphatic carbocycles. The molecule has 0 aliphatic rings. The maximum absolute atomic E-state index is 13.5. The lowest BCUT2D eigenvalue weighted by Crippen LogP contribution is -2.40. The molecule has 3 rings (SSSR count). The lowest BCUT2D eigenvalue weighted by atomic mass is 9.96. The third-order valence-electron chi connectivity index (χ3n) is 5.73. The number of benzene rings is 2. The summed E-state index contributed by atoms with van der Waals surface area (Å²) in [5.41, 5.74) is 0.589. The summed E-state index contributed by atoms with van der Waals surface area (Å²) in [5, 5.41) is 8.93. The van der Waals surface area contributed by atoms with E-state index in [1.54, 1.807) is 42.9 Å². The Labute approximate surface area is 216 Å². The first-order valence-electron chi connectivity index (χ1n) is 12.2. The molecular formula is C28H35F2N5O2. The van der Waals surface area contributed by atoms with Crippen molar-refractivity contribution in [2.75, 3.05) is 18.4 Å². The SMILES string of the molecule is CC(C)(C)CNCC(C)(C)n1cnc(NC(=O)[C@@H](NC(=O)Cc2cc(F)cc(F)c2)c2ccccc2)c1. The summed E-state index contributed by atoms with van der Waals surface area (Å²) < 4.78 is 29.0. The topological polar surface area (TPSA) is 88.1 Å². The molecule has 0 saturated carbocycles. The summed E-state index contributed by atoms with van der Waals surface area (Å²) in [6.07, 6.45) is 3.12. The van der Waals surface area contributed by atoms with E-state index >= 15 is 0 Å². The molecule has 0 aliphatic heterocycles. The highest BCUT2D eigenvalue weighted by atomic mass is 19.1. The third kappa shape index (κ3) is 8.49. The van der Waals surface area contributed by atoms with Crippen molar-refractivity contribution in [1.82, 2.24) is 20.2 Å². The Morgan fingerprint density at radius 3 is 2.24 bits per heavy atom. The predicted molar refractivity (Wildman–Crippen MR) is 140 cm³/mol. The summed E-state index contributed by atoms with van der Waals surface area (Å²) >= 11 is 0. The van der Waals surface area contributed by atoms with Gasteiger partial charge in [0.15, 0.2) is 5.82 Å². The van der Waals surface area contributed by atoms with Crippen LogP contribution in [0.2, 0.25) is 0 Å². The summed E-state index contributed by atoms with van der Waals surface area (Å²) in [5.74, 6) is -2.24. The minimum Gasteiger partial charge on any atom is -0.340 e. The molecule has 0 radical (unpaired) electrons. The molecule has 3 N–H and O–H groups in total. The second kappa shape index (κ2) is 11.6. The van der Waals surface area contributed by atoms with E-state index < -0.39 is 29.5 Å². The molecule has 198 valence electrons. The number of amides is 2. The van der Waals surface area contributed by atoms with Crippen LogP contribution in [0.4, 0.5) is 14.6 Å². The van der Waals surface area contributed by atoms with Gasteiger partial charge in [0.1, 0.15) is 17.7 Å². The average molecular weight is 512 g/mol. The highest BCUT2D eigenvalue weighted by Gasteiger charge is 2.25. The maximum atomic E-state index is 13.5. The van der Waals surface area contributed by atoms with Crippen LogP contribution in [0.5, 0.6) is 0 Å². The van der Waals surface area contributed by atoms with E-state index in [4.69, 9.17) is 0 Å². The minimum absolute atomic E-state index is 0.157. The zero-order chi connectivity index (χ0) is 27.2. The van der Waals surface area contributed by atoms with Crippen LogP contribution in [0.25, 0.3) is 0 Å². The fourth-order valence-electron chi connectivity index (χ4n) is 3.81. The van der Waals surface area contributed by atoms with E-state index in [2.05, 4.69) is 55.6 Å². The standard InChI is InChI=1S/C28H35F2N5O2/c1-27(2,3)16-31-17-28(4,5)35-15-23(32-18-35)33-26(37)25(20-9-7-6-8-10-20)34-24(36)13-19-11-21(29)14-22(30)12-19/h6-12,14-15,18,25,31H,13,16-17H2,1-5H3,(H,33,37)(H,34,36)/t25-/m0/s1. The van der Waals surface area contributed by atoms with Gasteiger partial charge >= 0.3 is 0 Å². The smallest absolute Gasteiger partial charge is 0.252 e. The Morgan fingerprint density at radius 2 is 1.62 bits per heavy atom. The summed E-state index contributed by atoms with van der Waals surface area (Å²) in [7, 11) is 0. The monoisotopic (exact) mass is 511 g/mol.